The van der Waals surface area contributed by atoms with Crippen molar-refractivity contribution in [3.05, 3.63) is 69.7 Å². The summed E-state index contributed by atoms with van der Waals surface area (Å²) >= 11 is 5.75. The van der Waals surface area contributed by atoms with Crippen LogP contribution in [0.2, 0.25) is 5.02 Å². The average Bonchev–Trinajstić information content (AvgIpc) is 2.44. The number of aryl methyl sites for hydroxylation is 1. The highest BCUT2D eigenvalue weighted by Gasteiger charge is 2.27. The summed E-state index contributed by atoms with van der Waals surface area (Å²) in [5.74, 6) is -1.95. The predicted molar refractivity (Wildman–Crippen MR) is 79.3 cm³/mol. The number of aliphatic hydroxyl groups is 1. The summed E-state index contributed by atoms with van der Waals surface area (Å²) in [6.07, 6.45) is -1.25. The van der Waals surface area contributed by atoms with Crippen molar-refractivity contribution >= 4 is 11.6 Å². The van der Waals surface area contributed by atoms with E-state index in [1.807, 2.05) is 0 Å². The second-order valence-electron chi connectivity index (χ2n) is 4.96. The Balaban J connectivity index is 2.43. The standard InChI is InChI=1S/C16H16ClF2NO/c1-9-5-6-11(14(18)7-9)16(21)12(8-20)10-3-2-4-13(17)15(10)19/h2-7,12,16,21H,8,20H2,1H3. The van der Waals surface area contributed by atoms with Gasteiger partial charge in [0.2, 0.25) is 0 Å². The first-order valence-electron chi connectivity index (χ1n) is 6.53. The summed E-state index contributed by atoms with van der Waals surface area (Å²) in [6.45, 7) is 1.71. The lowest BCUT2D eigenvalue weighted by molar-refractivity contribution is 0.141. The fraction of sp³-hybridized carbons (Fsp3) is 0.250. The number of benzene rings is 2. The van der Waals surface area contributed by atoms with Crippen LogP contribution in [0.5, 0.6) is 0 Å². The molecule has 2 aromatic rings. The maximum atomic E-state index is 14.1. The first-order valence-corrected chi connectivity index (χ1v) is 6.91. The third-order valence-electron chi connectivity index (χ3n) is 3.49. The van der Waals surface area contributed by atoms with Gasteiger partial charge in [-0.2, -0.15) is 0 Å². The van der Waals surface area contributed by atoms with Crippen LogP contribution < -0.4 is 5.73 Å². The largest absolute Gasteiger partial charge is 0.388 e. The zero-order valence-corrected chi connectivity index (χ0v) is 12.2. The Bertz CT molecular complexity index is 648. The van der Waals surface area contributed by atoms with Crippen LogP contribution in [0.15, 0.2) is 36.4 Å². The van der Waals surface area contributed by atoms with Gasteiger partial charge >= 0.3 is 0 Å². The highest BCUT2D eigenvalue weighted by atomic mass is 35.5. The van der Waals surface area contributed by atoms with E-state index in [-0.39, 0.29) is 22.7 Å². The van der Waals surface area contributed by atoms with E-state index in [0.29, 0.717) is 0 Å². The van der Waals surface area contributed by atoms with Crippen molar-refractivity contribution in [2.24, 2.45) is 5.73 Å². The third-order valence-corrected chi connectivity index (χ3v) is 3.78. The molecule has 0 spiro atoms. The fourth-order valence-electron chi connectivity index (χ4n) is 2.32. The van der Waals surface area contributed by atoms with Crippen molar-refractivity contribution in [3.8, 4) is 0 Å². The normalized spacial score (nSPS) is 14.0. The summed E-state index contributed by atoms with van der Waals surface area (Å²) in [6, 6.07) is 8.97. The van der Waals surface area contributed by atoms with Gasteiger partial charge in [-0.15, -0.1) is 0 Å². The number of aliphatic hydroxyl groups excluding tert-OH is 1. The van der Waals surface area contributed by atoms with Crippen molar-refractivity contribution in [2.75, 3.05) is 6.54 Å². The molecule has 0 bridgehead atoms. The van der Waals surface area contributed by atoms with Crippen LogP contribution in [0.3, 0.4) is 0 Å². The molecule has 0 aliphatic rings. The third kappa shape index (κ3) is 3.23. The van der Waals surface area contributed by atoms with Gasteiger partial charge in [-0.25, -0.2) is 8.78 Å². The molecule has 3 N–H and O–H groups in total. The first-order chi connectivity index (χ1) is 9.95. The molecule has 0 saturated carbocycles. The van der Waals surface area contributed by atoms with E-state index in [1.165, 1.54) is 24.3 Å². The molecule has 2 rings (SSSR count). The van der Waals surface area contributed by atoms with Gasteiger partial charge < -0.3 is 10.8 Å². The lowest BCUT2D eigenvalue weighted by Crippen LogP contribution is -2.22. The van der Waals surface area contributed by atoms with Crippen molar-refractivity contribution in [1.82, 2.24) is 0 Å². The smallest absolute Gasteiger partial charge is 0.145 e. The van der Waals surface area contributed by atoms with Gasteiger partial charge in [-0.1, -0.05) is 35.9 Å². The summed E-state index contributed by atoms with van der Waals surface area (Å²) in [7, 11) is 0. The molecule has 0 aromatic heterocycles. The van der Waals surface area contributed by atoms with E-state index < -0.39 is 23.7 Å². The van der Waals surface area contributed by atoms with Gasteiger partial charge in [0, 0.05) is 18.0 Å². The molecule has 2 unspecified atom stereocenters. The van der Waals surface area contributed by atoms with Gasteiger partial charge in [0.1, 0.15) is 11.6 Å². The molecule has 0 fully saturated rings. The Kier molecular flexibility index (Phi) is 4.93. The van der Waals surface area contributed by atoms with Gasteiger partial charge in [-0.3, -0.25) is 0 Å². The monoisotopic (exact) mass is 311 g/mol. The Morgan fingerprint density at radius 1 is 1.19 bits per heavy atom. The minimum absolute atomic E-state index is 0.0360. The maximum Gasteiger partial charge on any atom is 0.145 e. The molecule has 21 heavy (non-hydrogen) atoms. The predicted octanol–water partition coefficient (Wildman–Crippen LogP) is 3.70. The minimum atomic E-state index is -1.25. The summed E-state index contributed by atoms with van der Waals surface area (Å²) in [4.78, 5) is 0. The van der Waals surface area contributed by atoms with Crippen molar-refractivity contribution in [1.29, 1.82) is 0 Å². The second-order valence-corrected chi connectivity index (χ2v) is 5.36. The lowest BCUT2D eigenvalue weighted by Gasteiger charge is -2.23. The highest BCUT2D eigenvalue weighted by Crippen LogP contribution is 2.34. The zero-order valence-electron chi connectivity index (χ0n) is 11.5. The van der Waals surface area contributed by atoms with E-state index in [4.69, 9.17) is 17.3 Å². The zero-order chi connectivity index (χ0) is 15.6. The number of hydrogen-bond donors (Lipinski definition) is 2. The first kappa shape index (κ1) is 15.9. The van der Waals surface area contributed by atoms with Crippen LogP contribution >= 0.6 is 11.6 Å². The molecule has 0 amide bonds. The molecule has 5 heteroatoms. The van der Waals surface area contributed by atoms with Crippen LogP contribution in [-0.2, 0) is 0 Å². The number of halogens is 3. The van der Waals surface area contributed by atoms with Crippen LogP contribution in [-0.4, -0.2) is 11.7 Å². The van der Waals surface area contributed by atoms with E-state index in [1.54, 1.807) is 19.1 Å². The molecular weight excluding hydrogens is 296 g/mol. The molecule has 0 heterocycles. The number of nitrogens with two attached hydrogens (primary N) is 1. The summed E-state index contributed by atoms with van der Waals surface area (Å²) < 4.78 is 28.1. The molecule has 0 saturated heterocycles. The molecule has 0 aliphatic carbocycles. The Morgan fingerprint density at radius 2 is 1.90 bits per heavy atom. The topological polar surface area (TPSA) is 46.2 Å². The van der Waals surface area contributed by atoms with Gasteiger partial charge in [0.15, 0.2) is 0 Å². The van der Waals surface area contributed by atoms with Gasteiger partial charge in [0.05, 0.1) is 11.1 Å². The van der Waals surface area contributed by atoms with E-state index >= 15 is 0 Å². The number of rotatable bonds is 4. The fourth-order valence-corrected chi connectivity index (χ4v) is 2.50. The quantitative estimate of drug-likeness (QED) is 0.904. The molecule has 112 valence electrons. The van der Waals surface area contributed by atoms with Crippen molar-refractivity contribution in [2.45, 2.75) is 18.9 Å². The number of hydrogen-bond acceptors (Lipinski definition) is 2. The SMILES string of the molecule is Cc1ccc(C(O)C(CN)c2cccc(Cl)c2F)c(F)c1. The Hall–Kier alpha value is -1.49. The van der Waals surface area contributed by atoms with Crippen molar-refractivity contribution < 1.29 is 13.9 Å². The van der Waals surface area contributed by atoms with E-state index in [2.05, 4.69) is 0 Å². The second kappa shape index (κ2) is 6.52. The van der Waals surface area contributed by atoms with E-state index in [9.17, 15) is 13.9 Å². The molecule has 0 aliphatic heterocycles. The molecular formula is C16H16ClF2NO. The molecule has 0 radical (unpaired) electrons. The summed E-state index contributed by atoms with van der Waals surface area (Å²) in [5.41, 5.74) is 6.66. The van der Waals surface area contributed by atoms with E-state index in [0.717, 1.165) is 5.56 Å². The van der Waals surface area contributed by atoms with Crippen molar-refractivity contribution in [3.63, 3.8) is 0 Å². The highest BCUT2D eigenvalue weighted by molar-refractivity contribution is 6.30. The molecule has 2 aromatic carbocycles. The van der Waals surface area contributed by atoms with Crippen LogP contribution in [0.25, 0.3) is 0 Å². The van der Waals surface area contributed by atoms with Crippen LogP contribution in [0.4, 0.5) is 8.78 Å². The molecule has 2 atom stereocenters. The van der Waals surface area contributed by atoms with Crippen LogP contribution in [0.1, 0.15) is 28.7 Å². The summed E-state index contributed by atoms with van der Waals surface area (Å²) in [5, 5.41) is 10.3. The average molecular weight is 312 g/mol. The Labute approximate surface area is 127 Å². The van der Waals surface area contributed by atoms with Gasteiger partial charge in [0.25, 0.3) is 0 Å². The lowest BCUT2D eigenvalue weighted by atomic mass is 9.88. The minimum Gasteiger partial charge on any atom is -0.388 e. The van der Waals surface area contributed by atoms with Gasteiger partial charge in [-0.05, 0) is 30.2 Å². The molecule has 2 nitrogen and oxygen atoms in total. The Morgan fingerprint density at radius 3 is 2.52 bits per heavy atom. The van der Waals surface area contributed by atoms with Crippen LogP contribution in [0, 0.1) is 18.6 Å². The maximum absolute atomic E-state index is 14.1.